The maximum atomic E-state index is 12.8. The predicted molar refractivity (Wildman–Crippen MR) is 107 cm³/mol. The molecule has 3 rings (SSSR count). The summed E-state index contributed by atoms with van der Waals surface area (Å²) in [5.41, 5.74) is 1.31. The van der Waals surface area contributed by atoms with Crippen LogP contribution in [0.15, 0.2) is 30.3 Å². The van der Waals surface area contributed by atoms with E-state index in [1.807, 2.05) is 35.2 Å². The van der Waals surface area contributed by atoms with E-state index in [1.165, 1.54) is 11.3 Å². The van der Waals surface area contributed by atoms with Gasteiger partial charge in [0.15, 0.2) is 0 Å². The van der Waals surface area contributed by atoms with Crippen molar-refractivity contribution in [1.29, 1.82) is 0 Å². The van der Waals surface area contributed by atoms with Crippen molar-refractivity contribution in [3.05, 3.63) is 35.9 Å². The van der Waals surface area contributed by atoms with Gasteiger partial charge in [-0.25, -0.2) is 4.79 Å². The summed E-state index contributed by atoms with van der Waals surface area (Å²) in [6.07, 6.45) is 2.82. The number of rotatable bonds is 4. The number of carbonyl (C=O) groups is 2. The van der Waals surface area contributed by atoms with Gasteiger partial charge in [-0.2, -0.15) is 0 Å². The molecule has 0 saturated carbocycles. The summed E-state index contributed by atoms with van der Waals surface area (Å²) in [6, 6.07) is 9.02. The molecule has 1 N–H and O–H groups in total. The lowest BCUT2D eigenvalue weighted by atomic mass is 9.78. The van der Waals surface area contributed by atoms with Crippen LogP contribution < -0.4 is 5.32 Å². The molecule has 2 aliphatic heterocycles. The van der Waals surface area contributed by atoms with Gasteiger partial charge in [-0.3, -0.25) is 9.69 Å². The van der Waals surface area contributed by atoms with Crippen LogP contribution in [0.25, 0.3) is 0 Å². The van der Waals surface area contributed by atoms with Crippen molar-refractivity contribution in [1.82, 2.24) is 15.1 Å². The Hall–Kier alpha value is -1.79. The second-order valence-electron chi connectivity index (χ2n) is 7.58. The van der Waals surface area contributed by atoms with Crippen molar-refractivity contribution in [2.45, 2.75) is 38.8 Å². The Balaban J connectivity index is 0.00000261. The lowest BCUT2D eigenvalue weighted by molar-refractivity contribution is -0.137. The third-order valence-corrected chi connectivity index (χ3v) is 5.90. The van der Waals surface area contributed by atoms with Crippen LogP contribution in [0, 0.1) is 5.41 Å². The number of likely N-dealkylation sites (tertiary alicyclic amines) is 1. The van der Waals surface area contributed by atoms with E-state index in [4.69, 9.17) is 4.74 Å². The summed E-state index contributed by atoms with van der Waals surface area (Å²) in [7, 11) is 1.63. The fourth-order valence-corrected chi connectivity index (χ4v) is 3.83. The lowest BCUT2D eigenvalue weighted by Crippen LogP contribution is -2.51. The molecule has 2 fully saturated rings. The van der Waals surface area contributed by atoms with Crippen LogP contribution in [-0.2, 0) is 16.1 Å². The van der Waals surface area contributed by atoms with Gasteiger partial charge < -0.3 is 15.0 Å². The van der Waals surface area contributed by atoms with Crippen molar-refractivity contribution >= 4 is 24.4 Å². The first-order chi connectivity index (χ1) is 12.5. The van der Waals surface area contributed by atoms with Crippen LogP contribution in [0.4, 0.5) is 4.79 Å². The molecule has 150 valence electrons. The van der Waals surface area contributed by atoms with Gasteiger partial charge in [-0.15, -0.1) is 12.4 Å². The number of piperidine rings is 1. The summed E-state index contributed by atoms with van der Waals surface area (Å²) in [6.45, 7) is 5.68. The Morgan fingerprint density at radius 2 is 1.89 bits per heavy atom. The van der Waals surface area contributed by atoms with Crippen molar-refractivity contribution in [2.24, 2.45) is 5.41 Å². The van der Waals surface area contributed by atoms with E-state index in [0.29, 0.717) is 5.41 Å². The minimum Gasteiger partial charge on any atom is -0.445 e. The molecule has 2 heterocycles. The smallest absolute Gasteiger partial charge is 0.410 e. The number of amides is 2. The molecule has 0 aliphatic carbocycles. The number of hydrogen-bond donors (Lipinski definition) is 1. The molecule has 0 bridgehead atoms. The summed E-state index contributed by atoms with van der Waals surface area (Å²) in [4.78, 5) is 28.3. The minimum absolute atomic E-state index is 0. The zero-order chi connectivity index (χ0) is 18.6. The summed E-state index contributed by atoms with van der Waals surface area (Å²) in [5, 5.41) is 3.44. The molecule has 0 aromatic heterocycles. The number of ether oxygens (including phenoxy) is 1. The van der Waals surface area contributed by atoms with Gasteiger partial charge in [0, 0.05) is 26.7 Å². The largest absolute Gasteiger partial charge is 0.445 e. The van der Waals surface area contributed by atoms with E-state index in [-0.39, 0.29) is 24.9 Å². The second-order valence-corrected chi connectivity index (χ2v) is 7.58. The monoisotopic (exact) mass is 395 g/mol. The Bertz CT molecular complexity index is 625. The third-order valence-electron chi connectivity index (χ3n) is 5.90. The minimum atomic E-state index is -0.519. The molecule has 2 amide bonds. The zero-order valence-corrected chi connectivity index (χ0v) is 17.0. The van der Waals surface area contributed by atoms with Crippen LogP contribution in [0.2, 0.25) is 0 Å². The van der Waals surface area contributed by atoms with Crippen molar-refractivity contribution < 1.29 is 14.3 Å². The second kappa shape index (κ2) is 9.42. The molecule has 7 heteroatoms. The first-order valence-corrected chi connectivity index (χ1v) is 9.44. The first kappa shape index (κ1) is 21.5. The van der Waals surface area contributed by atoms with Gasteiger partial charge in [0.2, 0.25) is 5.91 Å². The van der Waals surface area contributed by atoms with E-state index in [9.17, 15) is 9.59 Å². The number of hydrogen-bond acceptors (Lipinski definition) is 4. The van der Waals surface area contributed by atoms with Gasteiger partial charge in [0.25, 0.3) is 0 Å². The van der Waals surface area contributed by atoms with Crippen molar-refractivity contribution in [3.63, 3.8) is 0 Å². The lowest BCUT2D eigenvalue weighted by Gasteiger charge is -2.40. The molecular weight excluding hydrogens is 366 g/mol. The van der Waals surface area contributed by atoms with E-state index >= 15 is 0 Å². The maximum Gasteiger partial charge on any atom is 0.410 e. The molecule has 1 spiro atoms. The van der Waals surface area contributed by atoms with E-state index in [0.717, 1.165) is 44.6 Å². The molecule has 27 heavy (non-hydrogen) atoms. The van der Waals surface area contributed by atoms with Crippen LogP contribution in [-0.4, -0.2) is 61.1 Å². The molecule has 1 aromatic carbocycles. The molecular formula is C20H30ClN3O3. The molecule has 1 aromatic rings. The molecule has 2 saturated heterocycles. The number of halogens is 1. The number of likely N-dealkylation sites (N-methyl/N-ethyl adjacent to an activating group) is 1. The van der Waals surface area contributed by atoms with Crippen molar-refractivity contribution in [2.75, 3.05) is 33.2 Å². The Kier molecular flexibility index (Phi) is 7.50. The number of nitrogens with one attached hydrogen (secondary N) is 1. The van der Waals surface area contributed by atoms with Gasteiger partial charge in [-0.1, -0.05) is 30.3 Å². The normalized spacial score (nSPS) is 19.3. The topological polar surface area (TPSA) is 61.9 Å². The summed E-state index contributed by atoms with van der Waals surface area (Å²) >= 11 is 0. The quantitative estimate of drug-likeness (QED) is 0.851. The first-order valence-electron chi connectivity index (χ1n) is 9.44. The molecule has 1 atom stereocenters. The van der Waals surface area contributed by atoms with E-state index < -0.39 is 12.1 Å². The fraction of sp³-hybridized carbons (Fsp3) is 0.600. The molecule has 0 unspecified atom stereocenters. The zero-order valence-electron chi connectivity index (χ0n) is 16.1. The molecule has 2 aliphatic rings. The Labute approximate surface area is 167 Å². The highest BCUT2D eigenvalue weighted by atomic mass is 35.5. The van der Waals surface area contributed by atoms with Crippen LogP contribution in [0.5, 0.6) is 0 Å². The molecule has 6 nitrogen and oxygen atoms in total. The third kappa shape index (κ3) is 5.14. The highest BCUT2D eigenvalue weighted by Crippen LogP contribution is 2.37. The SMILES string of the molecule is C[C@H](C(=O)N1CCC2(CCNC2)CC1)N(C)C(=O)OCc1ccccc1.Cl. The van der Waals surface area contributed by atoms with Gasteiger partial charge in [0.05, 0.1) is 0 Å². The van der Waals surface area contributed by atoms with Crippen LogP contribution in [0.3, 0.4) is 0 Å². The highest BCUT2D eigenvalue weighted by molar-refractivity contribution is 5.85. The van der Waals surface area contributed by atoms with Gasteiger partial charge in [0.1, 0.15) is 12.6 Å². The number of nitrogens with zero attached hydrogens (tertiary/aromatic N) is 2. The number of carbonyl (C=O) groups excluding carboxylic acids is 2. The number of benzene rings is 1. The standard InChI is InChI=1S/C20H29N3O3.ClH/c1-16(22(2)19(25)26-14-17-6-4-3-5-7-17)18(24)23-12-9-20(10-13-23)8-11-21-15-20;/h3-7,16,21H,8-15H2,1-2H3;1H/t16-;/m1./s1. The van der Waals surface area contributed by atoms with Crippen LogP contribution in [0.1, 0.15) is 31.7 Å². The van der Waals surface area contributed by atoms with Gasteiger partial charge >= 0.3 is 6.09 Å². The predicted octanol–water partition coefficient (Wildman–Crippen LogP) is 2.67. The summed E-state index contributed by atoms with van der Waals surface area (Å²) < 4.78 is 5.33. The van der Waals surface area contributed by atoms with Crippen LogP contribution >= 0.6 is 12.4 Å². The Morgan fingerprint density at radius 3 is 2.48 bits per heavy atom. The van der Waals surface area contributed by atoms with Crippen molar-refractivity contribution in [3.8, 4) is 0 Å². The molecule has 0 radical (unpaired) electrons. The average molecular weight is 396 g/mol. The summed E-state index contributed by atoms with van der Waals surface area (Å²) in [5.74, 6) is 0.00460. The Morgan fingerprint density at radius 1 is 1.22 bits per heavy atom. The highest BCUT2D eigenvalue weighted by Gasteiger charge is 2.39. The fourth-order valence-electron chi connectivity index (χ4n) is 3.83. The van der Waals surface area contributed by atoms with E-state index in [1.54, 1.807) is 14.0 Å². The maximum absolute atomic E-state index is 12.8. The van der Waals surface area contributed by atoms with E-state index in [2.05, 4.69) is 5.32 Å². The average Bonchev–Trinajstić information content (AvgIpc) is 3.13. The van der Waals surface area contributed by atoms with Gasteiger partial charge in [-0.05, 0) is 43.7 Å².